The molecule has 1 N–H and O–H groups in total. The first-order valence-corrected chi connectivity index (χ1v) is 7.55. The third kappa shape index (κ3) is 2.07. The highest BCUT2D eigenvalue weighted by Crippen LogP contribution is 2.57. The molecule has 4 bridgehead atoms. The van der Waals surface area contributed by atoms with Crippen LogP contribution in [0.1, 0.15) is 44.1 Å². The third-order valence-corrected chi connectivity index (χ3v) is 5.39. The molecule has 100 valence electrons. The second-order valence-corrected chi connectivity index (χ2v) is 6.99. The van der Waals surface area contributed by atoms with Gasteiger partial charge in [0.1, 0.15) is 5.75 Å². The minimum absolute atomic E-state index is 0.257. The number of benzene rings is 1. The van der Waals surface area contributed by atoms with E-state index in [1.54, 1.807) is 12.1 Å². The SMILES string of the molecule is Oc1ccc(/C=N/C23CC4CC(CC(C4)C2)C3)cc1. The van der Waals surface area contributed by atoms with Crippen molar-refractivity contribution >= 4 is 6.21 Å². The molecule has 2 heteroatoms. The van der Waals surface area contributed by atoms with Gasteiger partial charge in [-0.3, -0.25) is 4.99 Å². The zero-order chi connectivity index (χ0) is 12.9. The summed E-state index contributed by atoms with van der Waals surface area (Å²) >= 11 is 0. The van der Waals surface area contributed by atoms with Crippen LogP contribution < -0.4 is 0 Å². The monoisotopic (exact) mass is 255 g/mol. The average Bonchev–Trinajstić information content (AvgIpc) is 2.36. The molecule has 0 unspecified atom stereocenters. The maximum Gasteiger partial charge on any atom is 0.115 e. The first-order chi connectivity index (χ1) is 9.21. The Bertz CT molecular complexity index is 467. The normalized spacial score (nSPS) is 40.1. The molecular weight excluding hydrogens is 234 g/mol. The van der Waals surface area contributed by atoms with Gasteiger partial charge in [0.15, 0.2) is 0 Å². The van der Waals surface area contributed by atoms with Crippen LogP contribution in [0.25, 0.3) is 0 Å². The number of hydrogen-bond donors (Lipinski definition) is 1. The predicted molar refractivity (Wildman–Crippen MR) is 76.6 cm³/mol. The molecule has 0 heterocycles. The zero-order valence-corrected chi connectivity index (χ0v) is 11.3. The smallest absolute Gasteiger partial charge is 0.115 e. The summed E-state index contributed by atoms with van der Waals surface area (Å²) in [6, 6.07) is 7.36. The zero-order valence-electron chi connectivity index (χ0n) is 11.3. The van der Waals surface area contributed by atoms with Gasteiger partial charge in [-0.25, -0.2) is 0 Å². The van der Waals surface area contributed by atoms with Gasteiger partial charge < -0.3 is 5.11 Å². The molecule has 4 aliphatic carbocycles. The molecule has 0 saturated heterocycles. The van der Waals surface area contributed by atoms with Crippen LogP contribution >= 0.6 is 0 Å². The number of hydrogen-bond acceptors (Lipinski definition) is 2. The fourth-order valence-corrected chi connectivity index (χ4v) is 4.99. The summed E-state index contributed by atoms with van der Waals surface area (Å²) in [5.41, 5.74) is 1.36. The van der Waals surface area contributed by atoms with Crippen molar-refractivity contribution in [3.63, 3.8) is 0 Å². The summed E-state index contributed by atoms with van der Waals surface area (Å²) in [5.74, 6) is 3.17. The number of aromatic hydroxyl groups is 1. The molecule has 1 aromatic carbocycles. The van der Waals surface area contributed by atoms with Crippen LogP contribution in [0.15, 0.2) is 29.3 Å². The number of phenols is 1. The number of aliphatic imine (C=N–C) groups is 1. The Kier molecular flexibility index (Phi) is 2.48. The Labute approximate surface area is 114 Å². The summed E-state index contributed by atoms with van der Waals surface area (Å²) in [7, 11) is 0. The van der Waals surface area contributed by atoms with Crippen LogP contribution in [-0.4, -0.2) is 16.9 Å². The highest BCUT2D eigenvalue weighted by Gasteiger charge is 2.50. The third-order valence-electron chi connectivity index (χ3n) is 5.39. The maximum atomic E-state index is 9.31. The molecule has 4 fully saturated rings. The lowest BCUT2D eigenvalue weighted by molar-refractivity contribution is 0.00195. The van der Waals surface area contributed by atoms with Crippen LogP contribution in [0.4, 0.5) is 0 Å². The van der Waals surface area contributed by atoms with Crippen LogP contribution in [0.2, 0.25) is 0 Å². The van der Waals surface area contributed by atoms with E-state index < -0.39 is 0 Å². The predicted octanol–water partition coefficient (Wildman–Crippen LogP) is 3.78. The highest BCUT2D eigenvalue weighted by atomic mass is 16.3. The van der Waals surface area contributed by atoms with Crippen molar-refractivity contribution in [1.29, 1.82) is 0 Å². The first-order valence-electron chi connectivity index (χ1n) is 7.55. The topological polar surface area (TPSA) is 32.6 Å². The molecule has 5 rings (SSSR count). The Morgan fingerprint density at radius 2 is 1.47 bits per heavy atom. The van der Waals surface area contributed by atoms with Crippen LogP contribution in [-0.2, 0) is 0 Å². The number of rotatable bonds is 2. The molecule has 4 saturated carbocycles. The second kappa shape index (κ2) is 4.09. The highest BCUT2D eigenvalue weighted by molar-refractivity contribution is 5.80. The second-order valence-electron chi connectivity index (χ2n) is 6.99. The Hall–Kier alpha value is -1.31. The van der Waals surface area contributed by atoms with Gasteiger partial charge in [0.05, 0.1) is 5.54 Å². The van der Waals surface area contributed by atoms with Crippen LogP contribution in [0.5, 0.6) is 5.75 Å². The van der Waals surface area contributed by atoms with Gasteiger partial charge in [0.25, 0.3) is 0 Å². The summed E-state index contributed by atoms with van der Waals surface area (Å²) < 4.78 is 0. The van der Waals surface area contributed by atoms with Gasteiger partial charge in [-0.2, -0.15) is 0 Å². The fraction of sp³-hybridized carbons (Fsp3) is 0.588. The lowest BCUT2D eigenvalue weighted by Crippen LogP contribution is -2.49. The van der Waals surface area contributed by atoms with Crippen molar-refractivity contribution in [3.8, 4) is 5.75 Å². The summed E-state index contributed by atoms with van der Waals surface area (Å²) in [4.78, 5) is 5.01. The van der Waals surface area contributed by atoms with Crippen molar-refractivity contribution < 1.29 is 5.11 Å². The van der Waals surface area contributed by atoms with E-state index in [-0.39, 0.29) is 5.54 Å². The molecule has 4 aliphatic rings. The fourth-order valence-electron chi connectivity index (χ4n) is 4.99. The van der Waals surface area contributed by atoms with Crippen molar-refractivity contribution in [2.75, 3.05) is 0 Å². The van der Waals surface area contributed by atoms with Crippen molar-refractivity contribution in [2.45, 2.75) is 44.1 Å². The molecule has 1 aromatic rings. The van der Waals surface area contributed by atoms with E-state index in [0.29, 0.717) is 5.75 Å². The van der Waals surface area contributed by atoms with E-state index in [4.69, 9.17) is 4.99 Å². The Morgan fingerprint density at radius 3 is 2.00 bits per heavy atom. The Morgan fingerprint density at radius 1 is 0.947 bits per heavy atom. The number of phenolic OH excluding ortho intramolecular Hbond substituents is 1. The molecule has 0 spiro atoms. The lowest BCUT2D eigenvalue weighted by atomic mass is 9.53. The van der Waals surface area contributed by atoms with E-state index in [9.17, 15) is 5.11 Å². The van der Waals surface area contributed by atoms with E-state index in [1.807, 2.05) is 18.3 Å². The molecule has 0 aromatic heterocycles. The van der Waals surface area contributed by atoms with Crippen LogP contribution in [0, 0.1) is 17.8 Å². The van der Waals surface area contributed by atoms with Gasteiger partial charge in [-0.15, -0.1) is 0 Å². The molecule has 0 amide bonds. The molecule has 0 radical (unpaired) electrons. The summed E-state index contributed by atoms with van der Waals surface area (Å²) in [6.45, 7) is 0. The molecular formula is C17H21NO. The first kappa shape index (κ1) is 11.5. The van der Waals surface area contributed by atoms with E-state index in [1.165, 1.54) is 38.5 Å². The van der Waals surface area contributed by atoms with Gasteiger partial charge >= 0.3 is 0 Å². The van der Waals surface area contributed by atoms with Gasteiger partial charge in [-0.05, 0) is 86.1 Å². The molecule has 19 heavy (non-hydrogen) atoms. The van der Waals surface area contributed by atoms with Gasteiger partial charge in [-0.1, -0.05) is 0 Å². The average molecular weight is 255 g/mol. The van der Waals surface area contributed by atoms with E-state index >= 15 is 0 Å². The van der Waals surface area contributed by atoms with Crippen LogP contribution in [0.3, 0.4) is 0 Å². The molecule has 0 atom stereocenters. The molecule has 2 nitrogen and oxygen atoms in total. The maximum absolute atomic E-state index is 9.31. The van der Waals surface area contributed by atoms with Crippen molar-refractivity contribution in [2.24, 2.45) is 22.7 Å². The molecule has 0 aliphatic heterocycles. The van der Waals surface area contributed by atoms with Crippen molar-refractivity contribution in [3.05, 3.63) is 29.8 Å². The van der Waals surface area contributed by atoms with Gasteiger partial charge in [0, 0.05) is 6.21 Å². The van der Waals surface area contributed by atoms with Gasteiger partial charge in [0.2, 0.25) is 0 Å². The summed E-state index contributed by atoms with van der Waals surface area (Å²) in [5, 5.41) is 9.31. The minimum atomic E-state index is 0.257. The largest absolute Gasteiger partial charge is 0.508 e. The Balaban J connectivity index is 1.57. The van der Waals surface area contributed by atoms with E-state index in [0.717, 1.165) is 23.3 Å². The standard InChI is InChI=1S/C17H21NO/c19-16-3-1-12(2-4-16)11-18-17-8-13-5-14(9-17)7-15(6-13)10-17/h1-4,11,13-15,19H,5-10H2/b18-11+. The lowest BCUT2D eigenvalue weighted by Gasteiger charge is -2.54. The summed E-state index contributed by atoms with van der Waals surface area (Å²) in [6.07, 6.45) is 10.4. The van der Waals surface area contributed by atoms with E-state index in [2.05, 4.69) is 0 Å². The minimum Gasteiger partial charge on any atom is -0.508 e. The number of nitrogens with zero attached hydrogens (tertiary/aromatic N) is 1. The van der Waals surface area contributed by atoms with Crippen molar-refractivity contribution in [1.82, 2.24) is 0 Å². The quantitative estimate of drug-likeness (QED) is 0.801.